The largest absolute Gasteiger partial charge is 0.453 e. The Kier molecular flexibility index (Phi) is 4.18. The van der Waals surface area contributed by atoms with E-state index >= 15 is 0 Å². The monoisotopic (exact) mass is 347 g/mol. The quantitative estimate of drug-likeness (QED) is 0.471. The summed E-state index contributed by atoms with van der Waals surface area (Å²) in [7, 11) is 0. The fraction of sp³-hybridized carbons (Fsp3) is 0.318. The number of piperidine rings is 1. The Bertz CT molecular complexity index is 889. The number of carbonyl (C=O) groups is 1. The van der Waals surface area contributed by atoms with Gasteiger partial charge in [0.2, 0.25) is 0 Å². The van der Waals surface area contributed by atoms with Crippen molar-refractivity contribution in [1.82, 2.24) is 4.90 Å². The van der Waals surface area contributed by atoms with Crippen LogP contribution in [0, 0.1) is 12.3 Å². The van der Waals surface area contributed by atoms with Gasteiger partial charge in [0.25, 0.3) is 0 Å². The number of terminal acetylenes is 1. The lowest BCUT2D eigenvalue weighted by atomic mass is 9.66. The van der Waals surface area contributed by atoms with Crippen molar-refractivity contribution in [2.75, 3.05) is 19.6 Å². The second kappa shape index (κ2) is 6.51. The number of esters is 1. The van der Waals surface area contributed by atoms with E-state index in [2.05, 4.69) is 29.0 Å². The van der Waals surface area contributed by atoms with E-state index in [1.54, 1.807) is 6.07 Å². The predicted molar refractivity (Wildman–Crippen MR) is 99.6 cm³/mol. The summed E-state index contributed by atoms with van der Waals surface area (Å²) in [6.45, 7) is 3.93. The van der Waals surface area contributed by atoms with Gasteiger partial charge in [0, 0.05) is 36.6 Å². The maximum absolute atomic E-state index is 11.5. The van der Waals surface area contributed by atoms with Crippen LogP contribution >= 0.6 is 0 Å². The summed E-state index contributed by atoms with van der Waals surface area (Å²) < 4.78 is 11.6. The number of para-hydroxylation sites is 2. The molecule has 0 bridgehead atoms. The third-order valence-electron chi connectivity index (χ3n) is 5.39. The Morgan fingerprint density at radius 2 is 1.92 bits per heavy atom. The van der Waals surface area contributed by atoms with Gasteiger partial charge >= 0.3 is 5.97 Å². The van der Waals surface area contributed by atoms with E-state index in [1.165, 1.54) is 12.5 Å². The molecule has 2 aromatic carbocycles. The average Bonchev–Trinajstić information content (AvgIpc) is 2.64. The highest BCUT2D eigenvalue weighted by atomic mass is 16.6. The fourth-order valence-corrected chi connectivity index (χ4v) is 4.20. The molecule has 26 heavy (non-hydrogen) atoms. The molecule has 2 aliphatic heterocycles. The molecule has 0 unspecified atom stereocenters. The van der Waals surface area contributed by atoms with Crippen LogP contribution in [-0.2, 0) is 10.2 Å². The Morgan fingerprint density at radius 3 is 2.65 bits per heavy atom. The molecule has 4 nitrogen and oxygen atoms in total. The van der Waals surface area contributed by atoms with Crippen LogP contribution in [0.15, 0.2) is 42.5 Å². The third kappa shape index (κ3) is 2.65. The molecule has 2 aliphatic rings. The molecule has 4 rings (SSSR count). The minimum atomic E-state index is -0.348. The summed E-state index contributed by atoms with van der Waals surface area (Å²) in [5.74, 6) is 4.37. The summed E-state index contributed by atoms with van der Waals surface area (Å²) in [6.07, 6.45) is 7.39. The average molecular weight is 347 g/mol. The van der Waals surface area contributed by atoms with Crippen LogP contribution in [0.25, 0.3) is 0 Å². The van der Waals surface area contributed by atoms with Gasteiger partial charge in [-0.3, -0.25) is 9.69 Å². The molecule has 1 spiro atoms. The van der Waals surface area contributed by atoms with Gasteiger partial charge in [0.1, 0.15) is 5.75 Å². The first kappa shape index (κ1) is 16.7. The lowest BCUT2D eigenvalue weighted by molar-refractivity contribution is -0.132. The Balaban J connectivity index is 1.83. The van der Waals surface area contributed by atoms with Crippen LogP contribution in [0.2, 0.25) is 0 Å². The van der Waals surface area contributed by atoms with Gasteiger partial charge in [-0.05, 0) is 25.0 Å². The van der Waals surface area contributed by atoms with E-state index in [1.807, 2.05) is 18.2 Å². The van der Waals surface area contributed by atoms with Crippen molar-refractivity contribution in [2.24, 2.45) is 0 Å². The molecule has 132 valence electrons. The summed E-state index contributed by atoms with van der Waals surface area (Å²) in [5.41, 5.74) is 2.15. The van der Waals surface area contributed by atoms with Crippen LogP contribution < -0.4 is 9.47 Å². The molecule has 0 saturated carbocycles. The van der Waals surface area contributed by atoms with Gasteiger partial charge in [-0.15, -0.1) is 6.42 Å². The van der Waals surface area contributed by atoms with Gasteiger partial charge in [0.05, 0.1) is 6.54 Å². The smallest absolute Gasteiger partial charge is 0.308 e. The zero-order valence-electron chi connectivity index (χ0n) is 14.8. The molecule has 0 aliphatic carbocycles. The summed E-state index contributed by atoms with van der Waals surface area (Å²) in [5, 5.41) is 0. The van der Waals surface area contributed by atoms with Gasteiger partial charge in [0.15, 0.2) is 11.5 Å². The van der Waals surface area contributed by atoms with Crippen LogP contribution in [0.5, 0.6) is 17.2 Å². The number of ether oxygens (including phenoxy) is 2. The molecule has 0 radical (unpaired) electrons. The van der Waals surface area contributed by atoms with E-state index in [0.29, 0.717) is 18.0 Å². The van der Waals surface area contributed by atoms with Crippen LogP contribution in [-0.4, -0.2) is 30.5 Å². The summed E-state index contributed by atoms with van der Waals surface area (Å²) in [4.78, 5) is 13.8. The minimum Gasteiger partial charge on any atom is -0.453 e. The Labute approximate surface area is 153 Å². The second-order valence-electron chi connectivity index (χ2n) is 6.89. The van der Waals surface area contributed by atoms with Crippen molar-refractivity contribution in [3.63, 3.8) is 0 Å². The number of likely N-dealkylation sites (tertiary alicyclic amines) is 1. The highest BCUT2D eigenvalue weighted by molar-refractivity contribution is 5.72. The summed E-state index contributed by atoms with van der Waals surface area (Å²) >= 11 is 0. The SMILES string of the molecule is C#CCN1CCC2(CC1)c1ccccc1Oc1c(OC(C)=O)cccc12. The van der Waals surface area contributed by atoms with E-state index < -0.39 is 0 Å². The predicted octanol–water partition coefficient (Wildman–Crippen LogP) is 3.73. The van der Waals surface area contributed by atoms with Gasteiger partial charge in [-0.1, -0.05) is 36.3 Å². The van der Waals surface area contributed by atoms with Gasteiger partial charge in [-0.25, -0.2) is 0 Å². The van der Waals surface area contributed by atoms with Crippen molar-refractivity contribution < 1.29 is 14.3 Å². The van der Waals surface area contributed by atoms with E-state index in [4.69, 9.17) is 15.9 Å². The first-order valence-corrected chi connectivity index (χ1v) is 8.89. The number of rotatable bonds is 2. The zero-order chi connectivity index (χ0) is 18.1. The molecule has 0 atom stereocenters. The first-order chi connectivity index (χ1) is 12.6. The Morgan fingerprint density at radius 1 is 1.19 bits per heavy atom. The molecule has 0 amide bonds. The standard InChI is InChI=1S/C22H21NO3/c1-3-13-23-14-11-22(12-15-23)17-7-4-5-9-19(17)26-21-18(22)8-6-10-20(21)25-16(2)24/h1,4-10H,11-15H2,2H3. The first-order valence-electron chi connectivity index (χ1n) is 8.89. The molecule has 0 aromatic heterocycles. The second-order valence-corrected chi connectivity index (χ2v) is 6.89. The van der Waals surface area contributed by atoms with Crippen molar-refractivity contribution in [3.05, 3.63) is 53.6 Å². The van der Waals surface area contributed by atoms with Crippen molar-refractivity contribution >= 4 is 5.97 Å². The number of fused-ring (bicyclic) bond motifs is 4. The molecule has 4 heteroatoms. The highest BCUT2D eigenvalue weighted by Gasteiger charge is 2.45. The summed E-state index contributed by atoms with van der Waals surface area (Å²) in [6, 6.07) is 14.0. The van der Waals surface area contributed by atoms with Crippen LogP contribution in [0.4, 0.5) is 0 Å². The maximum atomic E-state index is 11.5. The number of hydrogen-bond donors (Lipinski definition) is 0. The normalized spacial score (nSPS) is 17.5. The molecular weight excluding hydrogens is 326 g/mol. The van der Waals surface area contributed by atoms with E-state index in [-0.39, 0.29) is 11.4 Å². The maximum Gasteiger partial charge on any atom is 0.308 e. The molecular formula is C22H21NO3. The lowest BCUT2D eigenvalue weighted by Gasteiger charge is -2.45. The number of hydrogen-bond acceptors (Lipinski definition) is 4. The molecule has 2 aromatic rings. The fourth-order valence-electron chi connectivity index (χ4n) is 4.20. The van der Waals surface area contributed by atoms with E-state index in [9.17, 15) is 4.79 Å². The van der Waals surface area contributed by atoms with Crippen molar-refractivity contribution in [1.29, 1.82) is 0 Å². The number of benzene rings is 2. The van der Waals surface area contributed by atoms with Crippen LogP contribution in [0.1, 0.15) is 30.9 Å². The van der Waals surface area contributed by atoms with Crippen molar-refractivity contribution in [3.8, 4) is 29.6 Å². The van der Waals surface area contributed by atoms with Gasteiger partial charge in [-0.2, -0.15) is 0 Å². The highest BCUT2D eigenvalue weighted by Crippen LogP contribution is 2.55. The number of carbonyl (C=O) groups excluding carboxylic acids is 1. The Hall–Kier alpha value is -2.77. The van der Waals surface area contributed by atoms with Gasteiger partial charge < -0.3 is 9.47 Å². The van der Waals surface area contributed by atoms with Crippen LogP contribution in [0.3, 0.4) is 0 Å². The zero-order valence-corrected chi connectivity index (χ0v) is 14.8. The molecule has 0 N–H and O–H groups in total. The lowest BCUT2D eigenvalue weighted by Crippen LogP contribution is -2.44. The number of nitrogens with zero attached hydrogens (tertiary/aromatic N) is 1. The van der Waals surface area contributed by atoms with Crippen molar-refractivity contribution in [2.45, 2.75) is 25.2 Å². The molecule has 2 heterocycles. The molecule has 1 fully saturated rings. The minimum absolute atomic E-state index is 0.147. The topological polar surface area (TPSA) is 38.8 Å². The molecule has 1 saturated heterocycles. The third-order valence-corrected chi connectivity index (χ3v) is 5.39. The van der Waals surface area contributed by atoms with E-state index in [0.717, 1.165) is 37.2 Å².